The van der Waals surface area contributed by atoms with E-state index in [4.69, 9.17) is 16.3 Å². The lowest BCUT2D eigenvalue weighted by Gasteiger charge is -2.32. The third kappa shape index (κ3) is 6.67. The van der Waals surface area contributed by atoms with Gasteiger partial charge in [0.05, 0.1) is 19.3 Å². The number of rotatable bonds is 8. The molecule has 0 radical (unpaired) electrons. The van der Waals surface area contributed by atoms with Crippen LogP contribution in [0.25, 0.3) is 0 Å². The fraction of sp³-hybridized carbons (Fsp3) is 0.391. The molecule has 2 aromatic carbocycles. The Morgan fingerprint density at radius 1 is 1.17 bits per heavy atom. The molecule has 1 fully saturated rings. The van der Waals surface area contributed by atoms with Crippen LogP contribution < -0.4 is 10.1 Å². The molecule has 1 aliphatic rings. The van der Waals surface area contributed by atoms with E-state index in [9.17, 15) is 9.59 Å². The highest BCUT2D eigenvalue weighted by Crippen LogP contribution is 2.20. The molecule has 5 nitrogen and oxygen atoms in total. The minimum atomic E-state index is 0.0424. The first kappa shape index (κ1) is 22.5. The van der Waals surface area contributed by atoms with Crippen LogP contribution >= 0.6 is 23.4 Å². The normalized spacial score (nSPS) is 14.4. The van der Waals surface area contributed by atoms with E-state index >= 15 is 0 Å². The number of nitrogens with zero attached hydrogens (tertiary/aromatic N) is 1. The number of methoxy groups -OCH3 is 1. The van der Waals surface area contributed by atoms with Crippen LogP contribution in [0.4, 0.5) is 0 Å². The first-order chi connectivity index (χ1) is 14.5. The second-order valence-corrected chi connectivity index (χ2v) is 8.76. The Balaban J connectivity index is 1.37. The van der Waals surface area contributed by atoms with E-state index in [1.165, 1.54) is 0 Å². The summed E-state index contributed by atoms with van der Waals surface area (Å²) in [6.07, 6.45) is 1.89. The highest BCUT2D eigenvalue weighted by molar-refractivity contribution is 7.99. The molecule has 1 N–H and O–H groups in total. The third-order valence-corrected chi connectivity index (χ3v) is 6.38. The monoisotopic (exact) mass is 446 g/mol. The number of likely N-dealkylation sites (tertiary alicyclic amines) is 1. The first-order valence-electron chi connectivity index (χ1n) is 10.1. The molecule has 7 heteroatoms. The SMILES string of the molecule is COc1ccccc1CC(=O)N1CCC(NC(=O)CSCc2cccc(Cl)c2)CC1. The second-order valence-electron chi connectivity index (χ2n) is 7.33. The van der Waals surface area contributed by atoms with Crippen molar-refractivity contribution in [1.82, 2.24) is 10.2 Å². The molecular weight excluding hydrogens is 420 g/mol. The lowest BCUT2D eigenvalue weighted by atomic mass is 10.0. The fourth-order valence-corrected chi connectivity index (χ4v) is 4.55. The Bertz CT molecular complexity index is 869. The summed E-state index contributed by atoms with van der Waals surface area (Å²) in [6.45, 7) is 1.32. The molecule has 2 amide bonds. The van der Waals surface area contributed by atoms with Gasteiger partial charge in [0, 0.05) is 35.5 Å². The van der Waals surface area contributed by atoms with Crippen molar-refractivity contribution in [3.8, 4) is 5.75 Å². The topological polar surface area (TPSA) is 58.6 Å². The molecule has 1 heterocycles. The second kappa shape index (κ2) is 11.3. The summed E-state index contributed by atoms with van der Waals surface area (Å²) in [7, 11) is 1.62. The minimum Gasteiger partial charge on any atom is -0.496 e. The lowest BCUT2D eigenvalue weighted by Crippen LogP contribution is -2.47. The zero-order chi connectivity index (χ0) is 21.3. The number of nitrogens with one attached hydrogen (secondary N) is 1. The van der Waals surface area contributed by atoms with Crippen molar-refractivity contribution in [3.05, 3.63) is 64.7 Å². The quantitative estimate of drug-likeness (QED) is 0.667. The van der Waals surface area contributed by atoms with Gasteiger partial charge in [0.2, 0.25) is 11.8 Å². The highest BCUT2D eigenvalue weighted by Gasteiger charge is 2.24. The number of para-hydroxylation sites is 1. The summed E-state index contributed by atoms with van der Waals surface area (Å²) < 4.78 is 5.33. The van der Waals surface area contributed by atoms with Crippen molar-refractivity contribution in [2.24, 2.45) is 0 Å². The number of piperidine rings is 1. The van der Waals surface area contributed by atoms with Gasteiger partial charge in [-0.15, -0.1) is 11.8 Å². The number of thioether (sulfide) groups is 1. The average Bonchev–Trinajstić information content (AvgIpc) is 2.74. The predicted molar refractivity (Wildman–Crippen MR) is 122 cm³/mol. The summed E-state index contributed by atoms with van der Waals surface area (Å²) in [6, 6.07) is 15.4. The van der Waals surface area contributed by atoms with E-state index in [0.717, 1.165) is 35.5 Å². The predicted octanol–water partition coefficient (Wildman–Crippen LogP) is 3.93. The van der Waals surface area contributed by atoms with Crippen molar-refractivity contribution < 1.29 is 14.3 Å². The van der Waals surface area contributed by atoms with Gasteiger partial charge in [0.25, 0.3) is 0 Å². The maximum Gasteiger partial charge on any atom is 0.230 e. The molecule has 2 aromatic rings. The Labute approximate surface area is 187 Å². The summed E-state index contributed by atoms with van der Waals surface area (Å²) >= 11 is 7.56. The zero-order valence-corrected chi connectivity index (χ0v) is 18.7. The van der Waals surface area contributed by atoms with Crippen molar-refractivity contribution in [2.75, 3.05) is 26.0 Å². The molecule has 0 atom stereocenters. The van der Waals surface area contributed by atoms with E-state index < -0.39 is 0 Å². The highest BCUT2D eigenvalue weighted by atomic mass is 35.5. The van der Waals surface area contributed by atoms with E-state index in [2.05, 4.69) is 5.32 Å². The Morgan fingerprint density at radius 3 is 2.67 bits per heavy atom. The minimum absolute atomic E-state index is 0.0424. The molecule has 0 aromatic heterocycles. The van der Waals surface area contributed by atoms with Gasteiger partial charge in [0.15, 0.2) is 0 Å². The lowest BCUT2D eigenvalue weighted by molar-refractivity contribution is -0.131. The van der Waals surface area contributed by atoms with E-state index in [1.807, 2.05) is 53.4 Å². The number of carbonyl (C=O) groups excluding carboxylic acids is 2. The molecule has 30 heavy (non-hydrogen) atoms. The Kier molecular flexibility index (Phi) is 8.46. The molecular formula is C23H27ClN2O3S. The molecule has 0 saturated carbocycles. The number of hydrogen-bond donors (Lipinski definition) is 1. The molecule has 1 aliphatic heterocycles. The Hall–Kier alpha value is -2.18. The molecule has 0 bridgehead atoms. The van der Waals surface area contributed by atoms with E-state index in [-0.39, 0.29) is 17.9 Å². The molecule has 3 rings (SSSR count). The molecule has 160 valence electrons. The number of benzene rings is 2. The number of carbonyl (C=O) groups is 2. The average molecular weight is 447 g/mol. The maximum absolute atomic E-state index is 12.6. The van der Waals surface area contributed by atoms with Crippen molar-refractivity contribution in [1.29, 1.82) is 0 Å². The zero-order valence-electron chi connectivity index (χ0n) is 17.1. The maximum atomic E-state index is 12.6. The number of halogens is 1. The van der Waals surface area contributed by atoms with Crippen LogP contribution in [0.5, 0.6) is 5.75 Å². The van der Waals surface area contributed by atoms with Crippen molar-refractivity contribution >= 4 is 35.2 Å². The summed E-state index contributed by atoms with van der Waals surface area (Å²) in [4.78, 5) is 26.8. The smallest absolute Gasteiger partial charge is 0.230 e. The van der Waals surface area contributed by atoms with Crippen LogP contribution in [0, 0.1) is 0 Å². The van der Waals surface area contributed by atoms with Crippen molar-refractivity contribution in [3.63, 3.8) is 0 Å². The van der Waals surface area contributed by atoms with Crippen molar-refractivity contribution in [2.45, 2.75) is 31.1 Å². The van der Waals surface area contributed by atoms with Gasteiger partial charge in [0.1, 0.15) is 5.75 Å². The van der Waals surface area contributed by atoms with Gasteiger partial charge >= 0.3 is 0 Å². The number of hydrogen-bond acceptors (Lipinski definition) is 4. The van der Waals surface area contributed by atoms with Gasteiger partial charge < -0.3 is 15.0 Å². The molecule has 0 spiro atoms. The van der Waals surface area contributed by atoms with Gasteiger partial charge in [-0.25, -0.2) is 0 Å². The van der Waals surface area contributed by atoms with Crippen LogP contribution in [-0.4, -0.2) is 48.7 Å². The number of ether oxygens (including phenoxy) is 1. The van der Waals surface area contributed by atoms with Crippen LogP contribution in [-0.2, 0) is 21.8 Å². The Morgan fingerprint density at radius 2 is 1.93 bits per heavy atom. The first-order valence-corrected chi connectivity index (χ1v) is 11.6. The summed E-state index contributed by atoms with van der Waals surface area (Å²) in [5.74, 6) is 2.05. The van der Waals surface area contributed by atoms with Gasteiger partial charge in [-0.2, -0.15) is 0 Å². The fourth-order valence-electron chi connectivity index (χ4n) is 3.55. The van der Waals surface area contributed by atoms with Crippen LogP contribution in [0.15, 0.2) is 48.5 Å². The third-order valence-electron chi connectivity index (χ3n) is 5.14. The van der Waals surface area contributed by atoms with Gasteiger partial charge in [-0.1, -0.05) is 41.9 Å². The van der Waals surface area contributed by atoms with Gasteiger partial charge in [-0.3, -0.25) is 9.59 Å². The molecule has 0 unspecified atom stereocenters. The standard InChI is InChI=1S/C23H27ClN2O3S/c1-29-21-8-3-2-6-18(21)14-23(28)26-11-9-20(10-12-26)25-22(27)16-30-15-17-5-4-7-19(24)13-17/h2-8,13,20H,9-12,14-16H2,1H3,(H,25,27). The number of amides is 2. The summed E-state index contributed by atoms with van der Waals surface area (Å²) in [5.41, 5.74) is 2.01. The van der Waals surface area contributed by atoms with Crippen LogP contribution in [0.1, 0.15) is 24.0 Å². The summed E-state index contributed by atoms with van der Waals surface area (Å²) in [5, 5.41) is 3.81. The van der Waals surface area contributed by atoms with E-state index in [0.29, 0.717) is 30.3 Å². The molecule has 0 aliphatic carbocycles. The largest absolute Gasteiger partial charge is 0.496 e. The van der Waals surface area contributed by atoms with E-state index in [1.54, 1.807) is 18.9 Å². The van der Waals surface area contributed by atoms with Crippen LogP contribution in [0.3, 0.4) is 0 Å². The van der Waals surface area contributed by atoms with Gasteiger partial charge in [-0.05, 0) is 36.6 Å². The van der Waals surface area contributed by atoms with Crippen LogP contribution in [0.2, 0.25) is 5.02 Å². The molecule has 1 saturated heterocycles.